The molecule has 1 amide bonds. The average molecular weight is 396 g/mol. The molecule has 0 spiro atoms. The second kappa shape index (κ2) is 9.29. The fourth-order valence-electron chi connectivity index (χ4n) is 3.70. The maximum Gasteiger partial charge on any atom is 0.236 e. The number of nitrogens with zero attached hydrogens (tertiary/aromatic N) is 5. The number of hydrogen-bond donors (Lipinski definition) is 0. The van der Waals surface area contributed by atoms with Crippen molar-refractivity contribution in [3.63, 3.8) is 0 Å². The van der Waals surface area contributed by atoms with E-state index in [9.17, 15) is 4.79 Å². The Bertz CT molecular complexity index is 608. The van der Waals surface area contributed by atoms with Crippen LogP contribution < -0.4 is 4.90 Å². The highest BCUT2D eigenvalue weighted by atomic mass is 32.1. The monoisotopic (exact) mass is 395 g/mol. The zero-order valence-corrected chi connectivity index (χ0v) is 16.7. The summed E-state index contributed by atoms with van der Waals surface area (Å²) >= 11 is 1.71. The first-order valence-corrected chi connectivity index (χ1v) is 10.7. The van der Waals surface area contributed by atoms with Crippen molar-refractivity contribution < 1.29 is 14.3 Å². The Kier molecular flexibility index (Phi) is 6.56. The molecule has 1 aromatic rings. The molecule has 0 radical (unpaired) electrons. The van der Waals surface area contributed by atoms with Crippen LogP contribution in [0.25, 0.3) is 0 Å². The molecule has 3 aliphatic rings. The van der Waals surface area contributed by atoms with Gasteiger partial charge in [-0.3, -0.25) is 14.6 Å². The number of rotatable bonds is 5. The highest BCUT2D eigenvalue weighted by molar-refractivity contribution is 7.13. The number of piperazine rings is 1. The standard InChI is InChI=1S/C18H29N5O3S/c24-17(14-21-7-11-26-12-8-21)22-1-3-23(4-2-22)18-19-16(15-27-18)13-20-5-9-25-10-6-20/h15H,1-14H2. The summed E-state index contributed by atoms with van der Waals surface area (Å²) in [6, 6.07) is 0. The summed E-state index contributed by atoms with van der Waals surface area (Å²) in [5, 5.41) is 3.25. The largest absolute Gasteiger partial charge is 0.379 e. The Hall–Kier alpha value is -1.26. The van der Waals surface area contributed by atoms with E-state index < -0.39 is 0 Å². The minimum absolute atomic E-state index is 0.240. The lowest BCUT2D eigenvalue weighted by Crippen LogP contribution is -2.52. The van der Waals surface area contributed by atoms with E-state index in [1.165, 1.54) is 0 Å². The average Bonchev–Trinajstić information content (AvgIpc) is 3.18. The first-order chi connectivity index (χ1) is 13.3. The smallest absolute Gasteiger partial charge is 0.236 e. The Balaban J connectivity index is 1.23. The predicted molar refractivity (Wildman–Crippen MR) is 104 cm³/mol. The molecule has 0 N–H and O–H groups in total. The molecule has 0 aliphatic carbocycles. The van der Waals surface area contributed by atoms with E-state index in [0.717, 1.165) is 96.2 Å². The Morgan fingerprint density at radius 2 is 1.56 bits per heavy atom. The van der Waals surface area contributed by atoms with E-state index in [1.54, 1.807) is 11.3 Å². The van der Waals surface area contributed by atoms with E-state index in [1.807, 2.05) is 4.90 Å². The second-order valence-electron chi connectivity index (χ2n) is 7.27. The summed E-state index contributed by atoms with van der Waals surface area (Å²) in [6.07, 6.45) is 0. The number of ether oxygens (including phenoxy) is 2. The lowest BCUT2D eigenvalue weighted by Gasteiger charge is -2.36. The summed E-state index contributed by atoms with van der Waals surface area (Å²) in [5.74, 6) is 0.240. The Morgan fingerprint density at radius 1 is 0.926 bits per heavy atom. The summed E-state index contributed by atoms with van der Waals surface area (Å²) in [7, 11) is 0. The van der Waals surface area contributed by atoms with Crippen LogP contribution in [0, 0.1) is 0 Å². The number of amides is 1. The third-order valence-corrected chi connectivity index (χ3v) is 6.34. The van der Waals surface area contributed by atoms with Crippen molar-refractivity contribution in [3.8, 4) is 0 Å². The molecule has 0 atom stereocenters. The van der Waals surface area contributed by atoms with Crippen molar-refractivity contribution in [3.05, 3.63) is 11.1 Å². The molecule has 3 fully saturated rings. The number of thiazole rings is 1. The van der Waals surface area contributed by atoms with Gasteiger partial charge >= 0.3 is 0 Å². The predicted octanol–water partition coefficient (Wildman–Crippen LogP) is -0.0439. The Labute approximate surface area is 164 Å². The Morgan fingerprint density at radius 3 is 2.22 bits per heavy atom. The van der Waals surface area contributed by atoms with Gasteiger partial charge in [-0.25, -0.2) is 4.98 Å². The van der Waals surface area contributed by atoms with E-state index in [2.05, 4.69) is 20.1 Å². The van der Waals surface area contributed by atoms with Crippen LogP contribution in [0.15, 0.2) is 5.38 Å². The van der Waals surface area contributed by atoms with Crippen molar-refractivity contribution in [2.75, 3.05) is 90.2 Å². The summed E-state index contributed by atoms with van der Waals surface area (Å²) < 4.78 is 10.8. The van der Waals surface area contributed by atoms with Gasteiger partial charge in [-0.1, -0.05) is 0 Å². The number of carbonyl (C=O) groups is 1. The summed E-state index contributed by atoms with van der Waals surface area (Å²) in [5.41, 5.74) is 1.14. The van der Waals surface area contributed by atoms with Gasteiger partial charge in [0.2, 0.25) is 5.91 Å². The fraction of sp³-hybridized carbons (Fsp3) is 0.778. The van der Waals surface area contributed by atoms with E-state index in [0.29, 0.717) is 6.54 Å². The molecule has 0 aromatic carbocycles. The quantitative estimate of drug-likeness (QED) is 0.693. The van der Waals surface area contributed by atoms with Crippen LogP contribution >= 0.6 is 11.3 Å². The van der Waals surface area contributed by atoms with Crippen LogP contribution in [0.3, 0.4) is 0 Å². The maximum atomic E-state index is 12.5. The van der Waals surface area contributed by atoms with Crippen LogP contribution in [-0.2, 0) is 20.8 Å². The van der Waals surface area contributed by atoms with Gasteiger partial charge < -0.3 is 19.3 Å². The molecule has 1 aromatic heterocycles. The third-order valence-electron chi connectivity index (χ3n) is 5.39. The molecule has 9 heteroatoms. The molecule has 150 valence electrons. The first-order valence-electron chi connectivity index (χ1n) is 9.85. The van der Waals surface area contributed by atoms with Crippen LogP contribution in [0.2, 0.25) is 0 Å². The zero-order valence-electron chi connectivity index (χ0n) is 15.8. The maximum absolute atomic E-state index is 12.5. The molecule has 27 heavy (non-hydrogen) atoms. The van der Waals surface area contributed by atoms with Gasteiger partial charge in [-0.15, -0.1) is 11.3 Å². The van der Waals surface area contributed by atoms with Crippen LogP contribution in [0.4, 0.5) is 5.13 Å². The SMILES string of the molecule is O=C(CN1CCOCC1)N1CCN(c2nc(CN3CCOCC3)cs2)CC1. The van der Waals surface area contributed by atoms with E-state index in [4.69, 9.17) is 14.5 Å². The first kappa shape index (κ1) is 19.1. The van der Waals surface area contributed by atoms with Gasteiger partial charge in [0.25, 0.3) is 0 Å². The topological polar surface area (TPSA) is 61.4 Å². The summed E-state index contributed by atoms with van der Waals surface area (Å²) in [4.78, 5) is 26.2. The van der Waals surface area contributed by atoms with Crippen LogP contribution in [-0.4, -0.2) is 111 Å². The van der Waals surface area contributed by atoms with Crippen LogP contribution in [0.1, 0.15) is 5.69 Å². The highest BCUT2D eigenvalue weighted by Gasteiger charge is 2.25. The van der Waals surface area contributed by atoms with Crippen molar-refractivity contribution in [2.24, 2.45) is 0 Å². The van der Waals surface area contributed by atoms with Crippen LogP contribution in [0.5, 0.6) is 0 Å². The number of hydrogen-bond acceptors (Lipinski definition) is 8. The van der Waals surface area contributed by atoms with Crippen molar-refractivity contribution >= 4 is 22.4 Å². The van der Waals surface area contributed by atoms with Gasteiger partial charge in [0, 0.05) is 64.3 Å². The van der Waals surface area contributed by atoms with E-state index in [-0.39, 0.29) is 5.91 Å². The van der Waals surface area contributed by atoms with Crippen molar-refractivity contribution in [1.29, 1.82) is 0 Å². The van der Waals surface area contributed by atoms with Gasteiger partial charge in [0.1, 0.15) is 0 Å². The minimum atomic E-state index is 0.240. The van der Waals surface area contributed by atoms with E-state index >= 15 is 0 Å². The molecule has 3 saturated heterocycles. The third kappa shape index (κ3) is 5.17. The fourth-order valence-corrected chi connectivity index (χ4v) is 4.57. The van der Waals surface area contributed by atoms with Crippen molar-refractivity contribution in [1.82, 2.24) is 19.7 Å². The number of carbonyl (C=O) groups excluding carboxylic acids is 1. The molecule has 0 saturated carbocycles. The molecule has 3 aliphatic heterocycles. The molecule has 4 heterocycles. The number of morpholine rings is 2. The minimum Gasteiger partial charge on any atom is -0.379 e. The van der Waals surface area contributed by atoms with Gasteiger partial charge in [0.05, 0.1) is 38.7 Å². The molecule has 4 rings (SSSR count). The number of anilines is 1. The van der Waals surface area contributed by atoms with Crippen molar-refractivity contribution in [2.45, 2.75) is 6.54 Å². The van der Waals surface area contributed by atoms with Gasteiger partial charge in [-0.05, 0) is 0 Å². The number of aromatic nitrogens is 1. The molecule has 0 bridgehead atoms. The summed E-state index contributed by atoms with van der Waals surface area (Å²) in [6.45, 7) is 11.5. The lowest BCUT2D eigenvalue weighted by atomic mass is 10.3. The van der Waals surface area contributed by atoms with Gasteiger partial charge in [-0.2, -0.15) is 0 Å². The zero-order chi connectivity index (χ0) is 18.5. The lowest BCUT2D eigenvalue weighted by molar-refractivity contribution is -0.133. The highest BCUT2D eigenvalue weighted by Crippen LogP contribution is 2.23. The van der Waals surface area contributed by atoms with Gasteiger partial charge in [0.15, 0.2) is 5.13 Å². The second-order valence-corrected chi connectivity index (χ2v) is 8.10. The molecular formula is C18H29N5O3S. The molecule has 0 unspecified atom stereocenters. The molecule has 8 nitrogen and oxygen atoms in total. The molecular weight excluding hydrogens is 366 g/mol. The normalized spacial score (nSPS) is 23.0.